The van der Waals surface area contributed by atoms with Gasteiger partial charge in [-0.1, -0.05) is 0 Å². The number of aromatic nitrogens is 2. The normalized spacial score (nSPS) is 18.0. The molecule has 102 valence electrons. The Morgan fingerprint density at radius 3 is 2.80 bits per heavy atom. The van der Waals surface area contributed by atoms with Gasteiger partial charge in [-0.25, -0.2) is 0 Å². The SMILES string of the molecule is O=C(c1cccnc1)N1CC[C@@H](Oc2ccncc2)C1. The molecule has 0 saturated carbocycles. The van der Waals surface area contributed by atoms with Gasteiger partial charge in [-0.05, 0) is 24.3 Å². The molecule has 0 aromatic carbocycles. The molecule has 2 aromatic rings. The number of nitrogens with zero attached hydrogens (tertiary/aromatic N) is 3. The summed E-state index contributed by atoms with van der Waals surface area (Å²) in [6.45, 7) is 1.32. The topological polar surface area (TPSA) is 55.3 Å². The van der Waals surface area contributed by atoms with Crippen LogP contribution < -0.4 is 4.74 Å². The number of likely N-dealkylation sites (tertiary alicyclic amines) is 1. The number of carbonyl (C=O) groups is 1. The molecule has 1 amide bonds. The van der Waals surface area contributed by atoms with Gasteiger partial charge in [0.15, 0.2) is 0 Å². The predicted octanol–water partition coefficient (Wildman–Crippen LogP) is 1.77. The van der Waals surface area contributed by atoms with Gasteiger partial charge in [0, 0.05) is 37.8 Å². The van der Waals surface area contributed by atoms with Crippen molar-refractivity contribution in [2.24, 2.45) is 0 Å². The Kier molecular flexibility index (Phi) is 3.58. The summed E-state index contributed by atoms with van der Waals surface area (Å²) in [5.41, 5.74) is 0.622. The van der Waals surface area contributed by atoms with Gasteiger partial charge in [-0.2, -0.15) is 0 Å². The molecule has 20 heavy (non-hydrogen) atoms. The summed E-state index contributed by atoms with van der Waals surface area (Å²) in [5, 5.41) is 0. The van der Waals surface area contributed by atoms with Crippen molar-refractivity contribution in [2.45, 2.75) is 12.5 Å². The lowest BCUT2D eigenvalue weighted by molar-refractivity contribution is 0.0772. The van der Waals surface area contributed by atoms with Crippen LogP contribution in [-0.4, -0.2) is 40.0 Å². The first-order valence-electron chi connectivity index (χ1n) is 6.59. The van der Waals surface area contributed by atoms with Gasteiger partial charge in [0.1, 0.15) is 11.9 Å². The fraction of sp³-hybridized carbons (Fsp3) is 0.267. The Morgan fingerprint density at radius 2 is 2.05 bits per heavy atom. The van der Waals surface area contributed by atoms with E-state index < -0.39 is 0 Å². The highest BCUT2D eigenvalue weighted by Crippen LogP contribution is 2.19. The van der Waals surface area contributed by atoms with E-state index in [1.165, 1.54) is 0 Å². The van der Waals surface area contributed by atoms with Crippen molar-refractivity contribution >= 4 is 5.91 Å². The maximum Gasteiger partial charge on any atom is 0.255 e. The van der Waals surface area contributed by atoms with E-state index in [0.717, 1.165) is 12.2 Å². The molecule has 0 bridgehead atoms. The minimum Gasteiger partial charge on any atom is -0.488 e. The summed E-state index contributed by atoms with van der Waals surface area (Å²) in [6, 6.07) is 7.21. The Labute approximate surface area is 117 Å². The largest absolute Gasteiger partial charge is 0.488 e. The Hall–Kier alpha value is -2.43. The fourth-order valence-electron chi connectivity index (χ4n) is 2.29. The average molecular weight is 269 g/mol. The lowest BCUT2D eigenvalue weighted by atomic mass is 10.2. The lowest BCUT2D eigenvalue weighted by Crippen LogP contribution is -2.30. The molecular formula is C15H15N3O2. The summed E-state index contributed by atoms with van der Waals surface area (Å²) in [5.74, 6) is 0.805. The maximum atomic E-state index is 12.3. The smallest absolute Gasteiger partial charge is 0.255 e. The summed E-state index contributed by atoms with van der Waals surface area (Å²) in [6.07, 6.45) is 7.54. The third kappa shape index (κ3) is 2.77. The zero-order valence-corrected chi connectivity index (χ0v) is 11.0. The van der Waals surface area contributed by atoms with Crippen molar-refractivity contribution in [1.82, 2.24) is 14.9 Å². The van der Waals surface area contributed by atoms with Gasteiger partial charge < -0.3 is 9.64 Å². The van der Waals surface area contributed by atoms with Gasteiger partial charge in [-0.15, -0.1) is 0 Å². The van der Waals surface area contributed by atoms with Gasteiger partial charge in [0.2, 0.25) is 0 Å². The van der Waals surface area contributed by atoms with Crippen LogP contribution in [0.4, 0.5) is 0 Å². The second-order valence-electron chi connectivity index (χ2n) is 4.70. The van der Waals surface area contributed by atoms with E-state index in [2.05, 4.69) is 9.97 Å². The first kappa shape index (κ1) is 12.6. The molecular weight excluding hydrogens is 254 g/mol. The van der Waals surface area contributed by atoms with Crippen molar-refractivity contribution in [3.63, 3.8) is 0 Å². The second kappa shape index (κ2) is 5.69. The van der Waals surface area contributed by atoms with E-state index in [1.807, 2.05) is 17.0 Å². The van der Waals surface area contributed by atoms with Crippen molar-refractivity contribution in [1.29, 1.82) is 0 Å². The summed E-state index contributed by atoms with van der Waals surface area (Å²) in [4.78, 5) is 22.0. The van der Waals surface area contributed by atoms with Crippen LogP contribution >= 0.6 is 0 Å². The number of carbonyl (C=O) groups excluding carboxylic acids is 1. The highest BCUT2D eigenvalue weighted by molar-refractivity contribution is 5.94. The standard InChI is InChI=1S/C15H15N3O2/c19-15(12-2-1-6-17-10-12)18-9-5-14(11-18)20-13-3-7-16-8-4-13/h1-4,6-8,10,14H,5,9,11H2/t14-/m1/s1. The molecule has 5 nitrogen and oxygen atoms in total. The zero-order chi connectivity index (χ0) is 13.8. The van der Waals surface area contributed by atoms with Crippen molar-refractivity contribution in [3.8, 4) is 5.75 Å². The van der Waals surface area contributed by atoms with E-state index in [9.17, 15) is 4.79 Å². The van der Waals surface area contributed by atoms with Gasteiger partial charge in [0.05, 0.1) is 12.1 Å². The predicted molar refractivity (Wildman–Crippen MR) is 73.4 cm³/mol. The zero-order valence-electron chi connectivity index (χ0n) is 11.0. The van der Waals surface area contributed by atoms with Gasteiger partial charge in [0.25, 0.3) is 5.91 Å². The Bertz CT molecular complexity index is 574. The molecule has 1 aliphatic heterocycles. The highest BCUT2D eigenvalue weighted by Gasteiger charge is 2.28. The number of rotatable bonds is 3. The van der Waals surface area contributed by atoms with Crippen LogP contribution in [0, 0.1) is 0 Å². The minimum absolute atomic E-state index is 0.0129. The lowest BCUT2D eigenvalue weighted by Gasteiger charge is -2.17. The fourth-order valence-corrected chi connectivity index (χ4v) is 2.29. The molecule has 1 aliphatic rings. The molecule has 0 N–H and O–H groups in total. The molecule has 1 saturated heterocycles. The van der Waals surface area contributed by atoms with Crippen LogP contribution in [0.25, 0.3) is 0 Å². The van der Waals surface area contributed by atoms with E-state index in [1.54, 1.807) is 36.9 Å². The summed E-state index contributed by atoms with van der Waals surface area (Å²) >= 11 is 0. The molecule has 2 aromatic heterocycles. The number of amides is 1. The second-order valence-corrected chi connectivity index (χ2v) is 4.70. The highest BCUT2D eigenvalue weighted by atomic mass is 16.5. The first-order chi connectivity index (χ1) is 9.83. The van der Waals surface area contributed by atoms with E-state index >= 15 is 0 Å². The molecule has 3 rings (SSSR count). The van der Waals surface area contributed by atoms with Crippen molar-refractivity contribution in [2.75, 3.05) is 13.1 Å². The number of hydrogen-bond donors (Lipinski definition) is 0. The molecule has 5 heteroatoms. The van der Waals surface area contributed by atoms with Crippen LogP contribution in [0.1, 0.15) is 16.8 Å². The average Bonchev–Trinajstić information content (AvgIpc) is 2.97. The Balaban J connectivity index is 1.61. The number of ether oxygens (including phenoxy) is 1. The Morgan fingerprint density at radius 1 is 1.20 bits per heavy atom. The molecule has 1 fully saturated rings. The van der Waals surface area contributed by atoms with Gasteiger partial charge >= 0.3 is 0 Å². The van der Waals surface area contributed by atoms with Crippen LogP contribution in [0.3, 0.4) is 0 Å². The third-order valence-electron chi connectivity index (χ3n) is 3.29. The molecule has 3 heterocycles. The summed E-state index contributed by atoms with van der Waals surface area (Å²) < 4.78 is 5.84. The van der Waals surface area contributed by atoms with Crippen LogP contribution in [0.15, 0.2) is 49.1 Å². The molecule has 0 spiro atoms. The number of hydrogen-bond acceptors (Lipinski definition) is 4. The molecule has 0 radical (unpaired) electrons. The quantitative estimate of drug-likeness (QED) is 0.852. The molecule has 0 unspecified atom stereocenters. The van der Waals surface area contributed by atoms with E-state index in [-0.39, 0.29) is 12.0 Å². The van der Waals surface area contributed by atoms with Gasteiger partial charge in [-0.3, -0.25) is 14.8 Å². The monoisotopic (exact) mass is 269 g/mol. The van der Waals surface area contributed by atoms with Crippen LogP contribution in [-0.2, 0) is 0 Å². The first-order valence-corrected chi connectivity index (χ1v) is 6.59. The van der Waals surface area contributed by atoms with Crippen LogP contribution in [0.5, 0.6) is 5.75 Å². The van der Waals surface area contributed by atoms with Crippen molar-refractivity contribution < 1.29 is 9.53 Å². The molecule has 0 aliphatic carbocycles. The van der Waals surface area contributed by atoms with Crippen molar-refractivity contribution in [3.05, 3.63) is 54.6 Å². The third-order valence-corrected chi connectivity index (χ3v) is 3.29. The molecule has 1 atom stereocenters. The van der Waals surface area contributed by atoms with E-state index in [0.29, 0.717) is 18.7 Å². The minimum atomic E-state index is 0.0129. The van der Waals surface area contributed by atoms with E-state index in [4.69, 9.17) is 4.74 Å². The van der Waals surface area contributed by atoms with Crippen LogP contribution in [0.2, 0.25) is 0 Å². The summed E-state index contributed by atoms with van der Waals surface area (Å²) in [7, 11) is 0. The number of pyridine rings is 2. The maximum absolute atomic E-state index is 12.3.